The fourth-order valence-corrected chi connectivity index (χ4v) is 3.09. The average Bonchev–Trinajstić information content (AvgIpc) is 2.86. The number of nitrogens with zero attached hydrogens (tertiary/aromatic N) is 2. The van der Waals surface area contributed by atoms with Crippen LogP contribution in [0.2, 0.25) is 0 Å². The fraction of sp³-hybridized carbons (Fsp3) is 0.120. The Hall–Kier alpha value is -4.84. The maximum Gasteiger partial charge on any atom is 0.280 e. The summed E-state index contributed by atoms with van der Waals surface area (Å²) in [5.74, 6) is 0.0350. The number of para-hydroxylation sites is 2. The molecule has 0 bridgehead atoms. The molecule has 0 fully saturated rings. The standard InChI is InChI=1S/C25H21N3O6/c1-32-22-11-7-6-10-20(22)27-25(29)19(15-26)12-18-13-23(33-2)24(14-21(18)28(30)31)34-16-17-8-4-3-5-9-17/h3-14H,16H2,1-2H3,(H,27,29)/b19-12+. The highest BCUT2D eigenvalue weighted by molar-refractivity contribution is 6.10. The number of hydrogen-bond donors (Lipinski definition) is 1. The van der Waals surface area contributed by atoms with E-state index >= 15 is 0 Å². The maximum absolute atomic E-state index is 12.7. The van der Waals surface area contributed by atoms with E-state index in [2.05, 4.69) is 5.32 Å². The summed E-state index contributed by atoms with van der Waals surface area (Å²) in [5, 5.41) is 23.9. The molecular formula is C25H21N3O6. The SMILES string of the molecule is COc1ccccc1NC(=O)/C(C#N)=C/c1cc(OC)c(OCc2ccccc2)cc1[N+](=O)[O-]. The number of nitriles is 1. The van der Waals surface area contributed by atoms with E-state index in [9.17, 15) is 20.2 Å². The Kier molecular flexibility index (Phi) is 7.81. The van der Waals surface area contributed by atoms with Crippen molar-refractivity contribution >= 4 is 23.4 Å². The van der Waals surface area contributed by atoms with Crippen LogP contribution in [0.15, 0.2) is 72.3 Å². The second kappa shape index (κ2) is 11.2. The molecule has 0 saturated carbocycles. The van der Waals surface area contributed by atoms with Crippen molar-refractivity contribution in [1.29, 1.82) is 5.26 Å². The van der Waals surface area contributed by atoms with Gasteiger partial charge in [-0.15, -0.1) is 0 Å². The number of amides is 1. The summed E-state index contributed by atoms with van der Waals surface area (Å²) < 4.78 is 16.3. The van der Waals surface area contributed by atoms with Gasteiger partial charge in [0.1, 0.15) is 24.0 Å². The zero-order chi connectivity index (χ0) is 24.5. The van der Waals surface area contributed by atoms with Gasteiger partial charge < -0.3 is 19.5 Å². The molecule has 3 aromatic carbocycles. The summed E-state index contributed by atoms with van der Waals surface area (Å²) >= 11 is 0. The molecule has 3 rings (SSSR count). The summed E-state index contributed by atoms with van der Waals surface area (Å²) in [6, 6.07) is 20.3. The molecule has 0 unspecified atom stereocenters. The number of nitro groups is 1. The minimum Gasteiger partial charge on any atom is -0.495 e. The van der Waals surface area contributed by atoms with E-state index in [-0.39, 0.29) is 34.9 Å². The zero-order valence-corrected chi connectivity index (χ0v) is 18.5. The van der Waals surface area contributed by atoms with Gasteiger partial charge in [-0.2, -0.15) is 5.26 Å². The van der Waals surface area contributed by atoms with Gasteiger partial charge in [-0.25, -0.2) is 0 Å². The molecule has 0 aliphatic heterocycles. The Morgan fingerprint density at radius 1 is 1.03 bits per heavy atom. The molecule has 0 aliphatic carbocycles. The van der Waals surface area contributed by atoms with Gasteiger partial charge in [-0.05, 0) is 29.8 Å². The van der Waals surface area contributed by atoms with Gasteiger partial charge in [0.2, 0.25) is 0 Å². The normalized spacial score (nSPS) is 10.7. The third-order valence-electron chi connectivity index (χ3n) is 4.77. The lowest BCUT2D eigenvalue weighted by Gasteiger charge is -2.12. The molecule has 172 valence electrons. The number of anilines is 1. The smallest absolute Gasteiger partial charge is 0.280 e. The van der Waals surface area contributed by atoms with E-state index in [1.54, 1.807) is 30.3 Å². The summed E-state index contributed by atoms with van der Waals surface area (Å²) in [5.41, 5.74) is 0.556. The van der Waals surface area contributed by atoms with Crippen LogP contribution in [0.3, 0.4) is 0 Å². The number of nitro benzene ring substituents is 1. The van der Waals surface area contributed by atoms with Crippen molar-refractivity contribution in [3.8, 4) is 23.3 Å². The first-order valence-electron chi connectivity index (χ1n) is 10.1. The molecule has 0 saturated heterocycles. The van der Waals surface area contributed by atoms with E-state index in [0.717, 1.165) is 11.6 Å². The molecule has 0 aromatic heterocycles. The van der Waals surface area contributed by atoms with Crippen LogP contribution in [0.4, 0.5) is 11.4 Å². The lowest BCUT2D eigenvalue weighted by Crippen LogP contribution is -2.14. The summed E-state index contributed by atoms with van der Waals surface area (Å²) in [6.07, 6.45) is 1.13. The monoisotopic (exact) mass is 459 g/mol. The molecule has 0 spiro atoms. The molecule has 0 radical (unpaired) electrons. The second-order valence-corrected chi connectivity index (χ2v) is 6.92. The second-order valence-electron chi connectivity index (χ2n) is 6.92. The van der Waals surface area contributed by atoms with Crippen molar-refractivity contribution in [2.75, 3.05) is 19.5 Å². The van der Waals surface area contributed by atoms with Crippen LogP contribution in [-0.4, -0.2) is 25.1 Å². The van der Waals surface area contributed by atoms with E-state index < -0.39 is 10.8 Å². The Balaban J connectivity index is 1.94. The Labute approximate surface area is 196 Å². The minimum atomic E-state index is -0.746. The Morgan fingerprint density at radius 3 is 2.35 bits per heavy atom. The number of benzene rings is 3. The topological polar surface area (TPSA) is 124 Å². The summed E-state index contributed by atoms with van der Waals surface area (Å²) in [4.78, 5) is 23.8. The molecule has 34 heavy (non-hydrogen) atoms. The van der Waals surface area contributed by atoms with Crippen molar-refractivity contribution in [2.24, 2.45) is 0 Å². The van der Waals surface area contributed by atoms with E-state index in [1.165, 1.54) is 26.4 Å². The molecule has 3 aromatic rings. The minimum absolute atomic E-state index is 0.0145. The highest BCUT2D eigenvalue weighted by Crippen LogP contribution is 2.36. The van der Waals surface area contributed by atoms with E-state index in [4.69, 9.17) is 14.2 Å². The van der Waals surface area contributed by atoms with Crippen molar-refractivity contribution in [3.63, 3.8) is 0 Å². The van der Waals surface area contributed by atoms with Crippen LogP contribution < -0.4 is 19.5 Å². The van der Waals surface area contributed by atoms with Crippen LogP contribution in [0, 0.1) is 21.4 Å². The first-order chi connectivity index (χ1) is 16.5. The van der Waals surface area contributed by atoms with Crippen LogP contribution in [0.5, 0.6) is 17.2 Å². The molecule has 0 atom stereocenters. The quantitative estimate of drug-likeness (QED) is 0.212. The predicted molar refractivity (Wildman–Crippen MR) is 126 cm³/mol. The Bertz CT molecular complexity index is 1270. The first kappa shape index (κ1) is 23.8. The first-order valence-corrected chi connectivity index (χ1v) is 10.1. The van der Waals surface area contributed by atoms with E-state index in [1.807, 2.05) is 30.3 Å². The van der Waals surface area contributed by atoms with Crippen LogP contribution in [-0.2, 0) is 11.4 Å². The van der Waals surface area contributed by atoms with Gasteiger partial charge in [0, 0.05) is 0 Å². The van der Waals surface area contributed by atoms with Gasteiger partial charge >= 0.3 is 0 Å². The Morgan fingerprint density at radius 2 is 1.71 bits per heavy atom. The van der Waals surface area contributed by atoms with Gasteiger partial charge in [-0.3, -0.25) is 14.9 Å². The fourth-order valence-electron chi connectivity index (χ4n) is 3.09. The summed E-state index contributed by atoms with van der Waals surface area (Å²) in [7, 11) is 2.84. The predicted octanol–water partition coefficient (Wildman–Crippen LogP) is 4.74. The average molecular weight is 459 g/mol. The molecule has 1 amide bonds. The highest BCUT2D eigenvalue weighted by Gasteiger charge is 2.21. The van der Waals surface area contributed by atoms with Crippen LogP contribution in [0.1, 0.15) is 11.1 Å². The third kappa shape index (κ3) is 5.69. The van der Waals surface area contributed by atoms with Gasteiger partial charge in [0.25, 0.3) is 11.6 Å². The maximum atomic E-state index is 12.7. The molecule has 9 nitrogen and oxygen atoms in total. The van der Waals surface area contributed by atoms with Crippen molar-refractivity contribution in [3.05, 3.63) is 93.5 Å². The number of nitrogens with one attached hydrogen (secondary N) is 1. The van der Waals surface area contributed by atoms with Crippen molar-refractivity contribution in [2.45, 2.75) is 6.61 Å². The van der Waals surface area contributed by atoms with Gasteiger partial charge in [0.15, 0.2) is 11.5 Å². The largest absolute Gasteiger partial charge is 0.495 e. The number of methoxy groups -OCH3 is 2. The van der Waals surface area contributed by atoms with Crippen LogP contribution in [0.25, 0.3) is 6.08 Å². The number of carbonyl (C=O) groups excluding carboxylic acids is 1. The molecule has 0 aliphatic rings. The lowest BCUT2D eigenvalue weighted by molar-refractivity contribution is -0.385. The van der Waals surface area contributed by atoms with Crippen molar-refractivity contribution in [1.82, 2.24) is 0 Å². The van der Waals surface area contributed by atoms with Gasteiger partial charge in [-0.1, -0.05) is 42.5 Å². The number of hydrogen-bond acceptors (Lipinski definition) is 7. The highest BCUT2D eigenvalue weighted by atomic mass is 16.6. The molecule has 1 N–H and O–H groups in total. The van der Waals surface area contributed by atoms with E-state index in [0.29, 0.717) is 11.4 Å². The van der Waals surface area contributed by atoms with Crippen LogP contribution >= 0.6 is 0 Å². The van der Waals surface area contributed by atoms with Crippen molar-refractivity contribution < 1.29 is 23.9 Å². The number of ether oxygens (including phenoxy) is 3. The van der Waals surface area contributed by atoms with Gasteiger partial charge in [0.05, 0.1) is 36.5 Å². The molecule has 9 heteroatoms. The molecule has 0 heterocycles. The number of carbonyl (C=O) groups is 1. The third-order valence-corrected chi connectivity index (χ3v) is 4.77. The lowest BCUT2D eigenvalue weighted by atomic mass is 10.1. The molecular weight excluding hydrogens is 438 g/mol. The summed E-state index contributed by atoms with van der Waals surface area (Å²) in [6.45, 7) is 0.175. The zero-order valence-electron chi connectivity index (χ0n) is 18.5. The number of rotatable bonds is 9.